The first kappa shape index (κ1) is 13.2. The van der Waals surface area contributed by atoms with E-state index in [1.807, 2.05) is 24.0 Å². The van der Waals surface area contributed by atoms with Gasteiger partial charge in [-0.25, -0.2) is 4.39 Å². The molecule has 0 aliphatic carbocycles. The zero-order valence-electron chi connectivity index (χ0n) is 10.7. The maximum absolute atomic E-state index is 14.0. The smallest absolute Gasteiger partial charge is 0.152 e. The molecule has 19 heavy (non-hydrogen) atoms. The fourth-order valence-corrected chi connectivity index (χ4v) is 2.02. The molecule has 0 amide bonds. The van der Waals surface area contributed by atoms with Crippen molar-refractivity contribution in [3.05, 3.63) is 59.7 Å². The number of nitrogens with zero attached hydrogens (tertiary/aromatic N) is 2. The van der Waals surface area contributed by atoms with Crippen LogP contribution in [0.3, 0.4) is 0 Å². The zero-order valence-corrected chi connectivity index (χ0v) is 10.7. The van der Waals surface area contributed by atoms with Crippen molar-refractivity contribution in [2.24, 2.45) is 0 Å². The monoisotopic (exact) mass is 258 g/mol. The molecule has 0 unspecified atom stereocenters. The van der Waals surface area contributed by atoms with E-state index in [9.17, 15) is 9.18 Å². The summed E-state index contributed by atoms with van der Waals surface area (Å²) in [6.07, 6.45) is 4.09. The molecule has 0 radical (unpaired) electrons. The summed E-state index contributed by atoms with van der Waals surface area (Å²) < 4.78 is 14.0. The van der Waals surface area contributed by atoms with Gasteiger partial charge < -0.3 is 4.90 Å². The van der Waals surface area contributed by atoms with Gasteiger partial charge in [0, 0.05) is 31.0 Å². The van der Waals surface area contributed by atoms with Crippen LogP contribution in [-0.2, 0) is 6.54 Å². The van der Waals surface area contributed by atoms with Gasteiger partial charge in [-0.2, -0.15) is 0 Å². The fourth-order valence-electron chi connectivity index (χ4n) is 2.02. The Hall–Kier alpha value is -2.23. The van der Waals surface area contributed by atoms with Gasteiger partial charge >= 0.3 is 0 Å². The predicted octanol–water partition coefficient (Wildman–Crippen LogP) is 3.06. The highest BCUT2D eigenvalue weighted by atomic mass is 19.1. The van der Waals surface area contributed by atoms with Gasteiger partial charge in [0.15, 0.2) is 6.29 Å². The minimum absolute atomic E-state index is 0.358. The van der Waals surface area contributed by atoms with Crippen LogP contribution in [0.1, 0.15) is 22.8 Å². The lowest BCUT2D eigenvalue weighted by molar-refractivity contribution is 0.112. The molecule has 0 bridgehead atoms. The van der Waals surface area contributed by atoms with E-state index in [0.29, 0.717) is 30.6 Å². The summed E-state index contributed by atoms with van der Waals surface area (Å²) >= 11 is 0. The van der Waals surface area contributed by atoms with Crippen LogP contribution in [0, 0.1) is 5.82 Å². The van der Waals surface area contributed by atoms with E-state index in [0.717, 1.165) is 5.56 Å². The van der Waals surface area contributed by atoms with Crippen LogP contribution in [0.25, 0.3) is 0 Å². The van der Waals surface area contributed by atoms with Crippen molar-refractivity contribution < 1.29 is 9.18 Å². The summed E-state index contributed by atoms with van der Waals surface area (Å²) in [5, 5.41) is 0. The number of halogens is 1. The van der Waals surface area contributed by atoms with Gasteiger partial charge in [-0.15, -0.1) is 0 Å². The Bertz CT molecular complexity index is 557. The van der Waals surface area contributed by atoms with Crippen LogP contribution in [0.2, 0.25) is 0 Å². The molecule has 0 fully saturated rings. The lowest BCUT2D eigenvalue weighted by Gasteiger charge is -2.25. The molecular formula is C15H15FN2O. The Morgan fingerprint density at radius 1 is 1.26 bits per heavy atom. The van der Waals surface area contributed by atoms with Crippen LogP contribution in [0.15, 0.2) is 42.7 Å². The van der Waals surface area contributed by atoms with Gasteiger partial charge in [-0.1, -0.05) is 6.07 Å². The topological polar surface area (TPSA) is 33.2 Å². The number of hydrogen-bond acceptors (Lipinski definition) is 3. The Morgan fingerprint density at radius 3 is 2.63 bits per heavy atom. The quantitative estimate of drug-likeness (QED) is 0.773. The molecule has 0 spiro atoms. The van der Waals surface area contributed by atoms with E-state index in [-0.39, 0.29) is 5.82 Å². The van der Waals surface area contributed by atoms with Crippen LogP contribution < -0.4 is 4.90 Å². The first-order valence-electron chi connectivity index (χ1n) is 6.13. The summed E-state index contributed by atoms with van der Waals surface area (Å²) in [5.74, 6) is -0.375. The number of pyridine rings is 1. The van der Waals surface area contributed by atoms with Crippen molar-refractivity contribution in [1.82, 2.24) is 4.98 Å². The molecule has 3 nitrogen and oxygen atoms in total. The number of hydrogen-bond donors (Lipinski definition) is 0. The molecule has 0 atom stereocenters. The van der Waals surface area contributed by atoms with E-state index in [4.69, 9.17) is 0 Å². The molecule has 0 aliphatic rings. The standard InChI is InChI=1S/C15H15FN2O/c1-2-18(10-12-6-8-17-9-7-12)15-13(11-19)4-3-5-14(15)16/h3-9,11H,2,10H2,1H3. The Morgan fingerprint density at radius 2 is 2.00 bits per heavy atom. The summed E-state index contributed by atoms with van der Waals surface area (Å²) in [6.45, 7) is 3.09. The average Bonchev–Trinajstić information content (AvgIpc) is 2.46. The van der Waals surface area contributed by atoms with Gasteiger partial charge in [0.25, 0.3) is 0 Å². The van der Waals surface area contributed by atoms with E-state index in [1.165, 1.54) is 6.07 Å². The van der Waals surface area contributed by atoms with Crippen molar-refractivity contribution >= 4 is 12.0 Å². The molecule has 0 saturated carbocycles. The number of aromatic nitrogens is 1. The maximum Gasteiger partial charge on any atom is 0.152 e. The molecule has 1 aromatic carbocycles. The van der Waals surface area contributed by atoms with Crippen molar-refractivity contribution in [3.8, 4) is 0 Å². The lowest BCUT2D eigenvalue weighted by Crippen LogP contribution is -2.24. The fraction of sp³-hybridized carbons (Fsp3) is 0.200. The maximum atomic E-state index is 14.0. The third kappa shape index (κ3) is 2.96. The van der Waals surface area contributed by atoms with Crippen LogP contribution in [0.4, 0.5) is 10.1 Å². The van der Waals surface area contributed by atoms with Gasteiger partial charge in [0.05, 0.1) is 5.69 Å². The minimum atomic E-state index is -0.375. The number of benzene rings is 1. The van der Waals surface area contributed by atoms with Crippen LogP contribution in [-0.4, -0.2) is 17.8 Å². The number of anilines is 1. The lowest BCUT2D eigenvalue weighted by atomic mass is 10.1. The predicted molar refractivity (Wildman–Crippen MR) is 72.7 cm³/mol. The molecule has 4 heteroatoms. The summed E-state index contributed by atoms with van der Waals surface area (Å²) in [6, 6.07) is 8.30. The molecule has 0 aliphatic heterocycles. The molecule has 98 valence electrons. The van der Waals surface area contributed by atoms with E-state index < -0.39 is 0 Å². The SMILES string of the molecule is CCN(Cc1ccncc1)c1c(F)cccc1C=O. The highest BCUT2D eigenvalue weighted by Crippen LogP contribution is 2.24. The van der Waals surface area contributed by atoms with Crippen molar-refractivity contribution in [2.75, 3.05) is 11.4 Å². The Kier molecular flexibility index (Phi) is 4.23. The second-order valence-corrected chi connectivity index (χ2v) is 4.17. The number of para-hydroxylation sites is 1. The van der Waals surface area contributed by atoms with Gasteiger partial charge in [0.1, 0.15) is 5.82 Å². The van der Waals surface area contributed by atoms with E-state index >= 15 is 0 Å². The van der Waals surface area contributed by atoms with Crippen molar-refractivity contribution in [2.45, 2.75) is 13.5 Å². The van der Waals surface area contributed by atoms with Gasteiger partial charge in [-0.3, -0.25) is 9.78 Å². The molecule has 1 heterocycles. The Balaban J connectivity index is 2.35. The highest BCUT2D eigenvalue weighted by molar-refractivity contribution is 5.84. The van der Waals surface area contributed by atoms with Crippen LogP contribution >= 0.6 is 0 Å². The summed E-state index contributed by atoms with van der Waals surface area (Å²) in [4.78, 5) is 16.8. The third-order valence-corrected chi connectivity index (χ3v) is 2.97. The molecule has 1 aromatic heterocycles. The second kappa shape index (κ2) is 6.09. The molecule has 2 aromatic rings. The van der Waals surface area contributed by atoms with Crippen LogP contribution in [0.5, 0.6) is 0 Å². The zero-order chi connectivity index (χ0) is 13.7. The first-order valence-corrected chi connectivity index (χ1v) is 6.13. The average molecular weight is 258 g/mol. The first-order chi connectivity index (χ1) is 9.26. The number of carbonyl (C=O) groups is 1. The number of carbonyl (C=O) groups excluding carboxylic acids is 1. The third-order valence-electron chi connectivity index (χ3n) is 2.97. The molecular weight excluding hydrogens is 243 g/mol. The molecule has 0 N–H and O–H groups in total. The van der Waals surface area contributed by atoms with Gasteiger partial charge in [0.2, 0.25) is 0 Å². The second-order valence-electron chi connectivity index (χ2n) is 4.17. The van der Waals surface area contributed by atoms with Gasteiger partial charge in [-0.05, 0) is 36.8 Å². The summed E-state index contributed by atoms with van der Waals surface area (Å²) in [7, 11) is 0. The minimum Gasteiger partial charge on any atom is -0.365 e. The number of aldehydes is 1. The molecule has 0 saturated heterocycles. The molecule has 2 rings (SSSR count). The largest absolute Gasteiger partial charge is 0.365 e. The normalized spacial score (nSPS) is 10.2. The summed E-state index contributed by atoms with van der Waals surface area (Å²) in [5.41, 5.74) is 1.75. The van der Waals surface area contributed by atoms with Crippen molar-refractivity contribution in [3.63, 3.8) is 0 Å². The Labute approximate surface area is 111 Å². The number of rotatable bonds is 5. The highest BCUT2D eigenvalue weighted by Gasteiger charge is 2.14. The van der Waals surface area contributed by atoms with E-state index in [1.54, 1.807) is 24.5 Å². The van der Waals surface area contributed by atoms with Crippen molar-refractivity contribution in [1.29, 1.82) is 0 Å². The van der Waals surface area contributed by atoms with E-state index in [2.05, 4.69) is 4.98 Å².